The van der Waals surface area contributed by atoms with Gasteiger partial charge in [0.2, 0.25) is 0 Å². The van der Waals surface area contributed by atoms with E-state index in [1.807, 2.05) is 18.2 Å². The summed E-state index contributed by atoms with van der Waals surface area (Å²) < 4.78 is 0. The lowest BCUT2D eigenvalue weighted by molar-refractivity contribution is 0.0701. The summed E-state index contributed by atoms with van der Waals surface area (Å²) in [5.74, 6) is -0.860. The van der Waals surface area contributed by atoms with Gasteiger partial charge < -0.3 is 10.4 Å². The van der Waals surface area contributed by atoms with Gasteiger partial charge in [0, 0.05) is 25.5 Å². The Balaban J connectivity index is 1.90. The Morgan fingerprint density at radius 2 is 2.06 bits per heavy atom. The smallest absolute Gasteiger partial charge is 0.346 e. The number of hydrogen-bond donors (Lipinski definition) is 2. The molecule has 0 amide bonds. The van der Waals surface area contributed by atoms with Crippen LogP contribution in [0.25, 0.3) is 0 Å². The van der Waals surface area contributed by atoms with Crippen molar-refractivity contribution < 1.29 is 9.90 Å². The number of aromatic nitrogens is 1. The number of nitrogens with one attached hydrogen (secondary N) is 1. The van der Waals surface area contributed by atoms with Gasteiger partial charge in [0.15, 0.2) is 0 Å². The van der Waals surface area contributed by atoms with Crippen LogP contribution in [-0.2, 0) is 13.1 Å². The molecule has 0 bridgehead atoms. The second-order valence-corrected chi connectivity index (χ2v) is 4.46. The first kappa shape index (κ1) is 11.8. The van der Waals surface area contributed by atoms with Crippen molar-refractivity contribution in [1.82, 2.24) is 10.3 Å². The zero-order valence-electron chi connectivity index (χ0n) is 9.09. The van der Waals surface area contributed by atoms with Crippen molar-refractivity contribution in [2.45, 2.75) is 13.1 Å². The lowest BCUT2D eigenvalue weighted by atomic mass is 10.2. The maximum Gasteiger partial charge on any atom is 0.346 e. The highest BCUT2D eigenvalue weighted by molar-refractivity contribution is 7.12. The van der Waals surface area contributed by atoms with E-state index < -0.39 is 5.97 Å². The fourth-order valence-electron chi connectivity index (χ4n) is 1.50. The Kier molecular flexibility index (Phi) is 3.85. The maximum atomic E-state index is 10.9. The third-order valence-electron chi connectivity index (χ3n) is 2.33. The Morgan fingerprint density at radius 1 is 1.29 bits per heavy atom. The molecule has 0 saturated carbocycles. The molecule has 0 aliphatic carbocycles. The summed E-state index contributed by atoms with van der Waals surface area (Å²) in [5, 5.41) is 14.0. The molecule has 2 N–H and O–H groups in total. The van der Waals surface area contributed by atoms with E-state index in [0.29, 0.717) is 18.0 Å². The van der Waals surface area contributed by atoms with Gasteiger partial charge in [-0.3, -0.25) is 4.98 Å². The Morgan fingerprint density at radius 3 is 2.76 bits per heavy atom. The van der Waals surface area contributed by atoms with Crippen molar-refractivity contribution in [1.29, 1.82) is 0 Å². The molecule has 0 spiro atoms. The van der Waals surface area contributed by atoms with Crippen LogP contribution in [0.3, 0.4) is 0 Å². The van der Waals surface area contributed by atoms with Crippen molar-refractivity contribution in [2.24, 2.45) is 0 Å². The van der Waals surface area contributed by atoms with Crippen molar-refractivity contribution in [2.75, 3.05) is 0 Å². The molecule has 0 radical (unpaired) electrons. The first-order valence-electron chi connectivity index (χ1n) is 5.16. The Hall–Kier alpha value is -1.72. The molecule has 0 aliphatic heterocycles. The minimum atomic E-state index is -0.860. The summed E-state index contributed by atoms with van der Waals surface area (Å²) in [6.07, 6.45) is 3.48. The lowest BCUT2D eigenvalue weighted by Gasteiger charge is -2.04. The van der Waals surface area contributed by atoms with Gasteiger partial charge in [0.25, 0.3) is 0 Å². The van der Waals surface area contributed by atoms with Crippen LogP contribution in [-0.4, -0.2) is 16.1 Å². The number of hydrogen-bond acceptors (Lipinski definition) is 4. The number of pyridine rings is 1. The van der Waals surface area contributed by atoms with Crippen LogP contribution in [0.5, 0.6) is 0 Å². The predicted octanol–water partition coefficient (Wildman–Crippen LogP) is 2.13. The molecule has 88 valence electrons. The molecule has 2 rings (SSSR count). The monoisotopic (exact) mass is 248 g/mol. The van der Waals surface area contributed by atoms with Gasteiger partial charge in [-0.2, -0.15) is 0 Å². The van der Waals surface area contributed by atoms with E-state index in [1.54, 1.807) is 17.8 Å². The highest BCUT2D eigenvalue weighted by Gasteiger charge is 2.10. The van der Waals surface area contributed by atoms with Gasteiger partial charge in [-0.05, 0) is 34.7 Å². The van der Waals surface area contributed by atoms with Gasteiger partial charge in [-0.1, -0.05) is 0 Å². The van der Waals surface area contributed by atoms with Crippen LogP contribution >= 0.6 is 11.3 Å². The number of aromatic carboxylic acids is 1. The number of carboxylic acid groups (broad SMARTS) is 1. The third-order valence-corrected chi connectivity index (χ3v) is 3.28. The van der Waals surface area contributed by atoms with E-state index in [-0.39, 0.29) is 0 Å². The number of nitrogens with zero attached hydrogens (tertiary/aromatic N) is 1. The van der Waals surface area contributed by atoms with Crippen molar-refractivity contribution >= 4 is 17.3 Å². The summed E-state index contributed by atoms with van der Waals surface area (Å²) in [4.78, 5) is 15.2. The van der Waals surface area contributed by atoms with E-state index >= 15 is 0 Å². The Bertz CT molecular complexity index is 496. The largest absolute Gasteiger partial charge is 0.477 e. The topological polar surface area (TPSA) is 62.2 Å². The summed E-state index contributed by atoms with van der Waals surface area (Å²) >= 11 is 1.25. The molecule has 4 nitrogen and oxygen atoms in total. The summed E-state index contributed by atoms with van der Waals surface area (Å²) in [6.45, 7) is 1.27. The zero-order chi connectivity index (χ0) is 12.1. The number of carboxylic acids is 1. The van der Waals surface area contributed by atoms with Gasteiger partial charge in [0.05, 0.1) is 0 Å². The van der Waals surface area contributed by atoms with Crippen molar-refractivity contribution in [3.63, 3.8) is 0 Å². The first-order valence-corrected chi connectivity index (χ1v) is 6.04. The molecular formula is C12H12N2O2S. The number of rotatable bonds is 5. The molecule has 2 aromatic rings. The highest BCUT2D eigenvalue weighted by Crippen LogP contribution is 2.16. The lowest BCUT2D eigenvalue weighted by Crippen LogP contribution is -2.14. The van der Waals surface area contributed by atoms with Gasteiger partial charge in [-0.25, -0.2) is 4.79 Å². The van der Waals surface area contributed by atoms with Crippen LogP contribution in [0.15, 0.2) is 36.0 Å². The molecule has 0 atom stereocenters. The SMILES string of the molecule is O=C(O)c1sccc1CNCc1ccncc1. The van der Waals surface area contributed by atoms with Crippen LogP contribution < -0.4 is 5.32 Å². The fraction of sp³-hybridized carbons (Fsp3) is 0.167. The molecule has 0 aromatic carbocycles. The third kappa shape index (κ3) is 3.12. The summed E-state index contributed by atoms with van der Waals surface area (Å²) in [6, 6.07) is 5.70. The van der Waals surface area contributed by atoms with Crippen molar-refractivity contribution in [3.05, 3.63) is 52.0 Å². The molecule has 5 heteroatoms. The minimum Gasteiger partial charge on any atom is -0.477 e. The second kappa shape index (κ2) is 5.56. The van der Waals surface area contributed by atoms with Crippen molar-refractivity contribution in [3.8, 4) is 0 Å². The van der Waals surface area contributed by atoms with Gasteiger partial charge >= 0.3 is 5.97 Å². The van der Waals surface area contributed by atoms with E-state index in [0.717, 1.165) is 11.1 Å². The number of thiophene rings is 1. The van der Waals surface area contributed by atoms with Crippen LogP contribution in [0.4, 0.5) is 0 Å². The van der Waals surface area contributed by atoms with Crippen LogP contribution in [0, 0.1) is 0 Å². The van der Waals surface area contributed by atoms with E-state index in [2.05, 4.69) is 10.3 Å². The second-order valence-electron chi connectivity index (χ2n) is 3.54. The maximum absolute atomic E-state index is 10.9. The van der Waals surface area contributed by atoms with Crippen LogP contribution in [0.2, 0.25) is 0 Å². The highest BCUT2D eigenvalue weighted by atomic mass is 32.1. The Labute approximate surface area is 103 Å². The summed E-state index contributed by atoms with van der Waals surface area (Å²) in [7, 11) is 0. The fourth-order valence-corrected chi connectivity index (χ4v) is 2.27. The minimum absolute atomic E-state index is 0.409. The molecule has 0 fully saturated rings. The van der Waals surface area contributed by atoms with Gasteiger partial charge in [0.1, 0.15) is 4.88 Å². The molecule has 2 aromatic heterocycles. The predicted molar refractivity (Wildman–Crippen MR) is 66.1 cm³/mol. The first-order chi connectivity index (χ1) is 8.27. The molecular weight excluding hydrogens is 236 g/mol. The van der Waals surface area contributed by atoms with E-state index in [9.17, 15) is 4.79 Å². The quantitative estimate of drug-likeness (QED) is 0.851. The molecule has 17 heavy (non-hydrogen) atoms. The average molecular weight is 248 g/mol. The average Bonchev–Trinajstić information content (AvgIpc) is 2.79. The van der Waals surface area contributed by atoms with E-state index in [4.69, 9.17) is 5.11 Å². The standard InChI is InChI=1S/C12H12N2O2S/c15-12(16)11-10(3-6-17-11)8-14-7-9-1-4-13-5-2-9/h1-6,14H,7-8H2,(H,15,16). The molecule has 2 heterocycles. The molecule has 0 aliphatic rings. The molecule has 0 saturated heterocycles. The van der Waals surface area contributed by atoms with Gasteiger partial charge in [-0.15, -0.1) is 11.3 Å². The summed E-state index contributed by atoms with van der Waals surface area (Å²) in [5.41, 5.74) is 1.96. The number of carbonyl (C=O) groups is 1. The van der Waals surface area contributed by atoms with E-state index in [1.165, 1.54) is 11.3 Å². The molecule has 0 unspecified atom stereocenters. The zero-order valence-corrected chi connectivity index (χ0v) is 9.91. The normalized spacial score (nSPS) is 10.4. The van der Waals surface area contributed by atoms with Crippen LogP contribution in [0.1, 0.15) is 20.8 Å².